The maximum atomic E-state index is 5.76. The number of hydrogen-bond acceptors (Lipinski definition) is 5. The largest absolute Gasteiger partial charge is 0.384 e. The Balaban J connectivity index is 2.35. The Kier molecular flexibility index (Phi) is 2.76. The third kappa shape index (κ3) is 1.98. The number of hydrogen-bond donors (Lipinski definition) is 2. The van der Waals surface area contributed by atoms with E-state index in [1.165, 1.54) is 0 Å². The molecule has 84 valence electrons. The van der Waals surface area contributed by atoms with Crippen LogP contribution in [-0.4, -0.2) is 10.1 Å². The van der Waals surface area contributed by atoms with Crippen LogP contribution in [0.15, 0.2) is 22.7 Å². The Labute approximate surface area is 93.4 Å². The van der Waals surface area contributed by atoms with Gasteiger partial charge in [-0.1, -0.05) is 12.1 Å². The average Bonchev–Trinajstić information content (AvgIpc) is 2.67. The molecular weight excluding hydrogens is 204 g/mol. The molecule has 0 aliphatic carbocycles. The molecule has 0 atom stereocenters. The van der Waals surface area contributed by atoms with Gasteiger partial charge in [0.1, 0.15) is 23.1 Å². The van der Waals surface area contributed by atoms with Crippen molar-refractivity contribution in [3.63, 3.8) is 0 Å². The molecule has 0 saturated carbocycles. The zero-order chi connectivity index (χ0) is 11.5. The fourth-order valence-electron chi connectivity index (χ4n) is 1.51. The van der Waals surface area contributed by atoms with Crippen molar-refractivity contribution in [2.75, 3.05) is 11.5 Å². The molecular formula is C11H14N4O. The molecule has 0 fully saturated rings. The molecule has 0 radical (unpaired) electrons. The number of nitrogens with zero attached hydrogens (tertiary/aromatic N) is 2. The van der Waals surface area contributed by atoms with E-state index >= 15 is 0 Å². The number of aromatic nitrogens is 2. The third-order valence-electron chi connectivity index (χ3n) is 2.28. The van der Waals surface area contributed by atoms with Crippen LogP contribution >= 0.6 is 0 Å². The molecule has 2 aromatic rings. The van der Waals surface area contributed by atoms with Crippen molar-refractivity contribution in [1.82, 2.24) is 10.1 Å². The van der Waals surface area contributed by atoms with Gasteiger partial charge >= 0.3 is 0 Å². The summed E-state index contributed by atoms with van der Waals surface area (Å²) < 4.78 is 5.18. The number of nitrogen functional groups attached to an aromatic ring is 2. The lowest BCUT2D eigenvalue weighted by atomic mass is 10.1. The SMILES string of the molecule is CCCc1cc(-c2ccc(N)nc2N)no1. The Morgan fingerprint density at radius 3 is 2.81 bits per heavy atom. The topological polar surface area (TPSA) is 91.0 Å². The lowest BCUT2D eigenvalue weighted by Gasteiger charge is -2.00. The summed E-state index contributed by atoms with van der Waals surface area (Å²) in [4.78, 5) is 3.98. The van der Waals surface area contributed by atoms with E-state index < -0.39 is 0 Å². The van der Waals surface area contributed by atoms with E-state index in [9.17, 15) is 0 Å². The minimum atomic E-state index is 0.372. The van der Waals surface area contributed by atoms with Crippen LogP contribution in [0.25, 0.3) is 11.3 Å². The fraction of sp³-hybridized carbons (Fsp3) is 0.273. The molecule has 16 heavy (non-hydrogen) atoms. The highest BCUT2D eigenvalue weighted by molar-refractivity contribution is 5.72. The van der Waals surface area contributed by atoms with Crippen molar-refractivity contribution < 1.29 is 4.52 Å². The number of anilines is 2. The molecule has 0 amide bonds. The monoisotopic (exact) mass is 218 g/mol. The van der Waals surface area contributed by atoms with Crippen LogP contribution in [0.5, 0.6) is 0 Å². The van der Waals surface area contributed by atoms with Crippen molar-refractivity contribution in [2.45, 2.75) is 19.8 Å². The summed E-state index contributed by atoms with van der Waals surface area (Å²) in [6.07, 6.45) is 1.89. The van der Waals surface area contributed by atoms with Gasteiger partial charge in [-0.25, -0.2) is 4.98 Å². The minimum absolute atomic E-state index is 0.372. The third-order valence-corrected chi connectivity index (χ3v) is 2.28. The van der Waals surface area contributed by atoms with Gasteiger partial charge in [0.25, 0.3) is 0 Å². The van der Waals surface area contributed by atoms with Crippen LogP contribution in [0.4, 0.5) is 11.6 Å². The highest BCUT2D eigenvalue weighted by Crippen LogP contribution is 2.25. The van der Waals surface area contributed by atoms with Gasteiger partial charge in [0.15, 0.2) is 0 Å². The molecule has 4 N–H and O–H groups in total. The van der Waals surface area contributed by atoms with Crippen LogP contribution in [0.3, 0.4) is 0 Å². The van der Waals surface area contributed by atoms with Crippen molar-refractivity contribution in [3.8, 4) is 11.3 Å². The summed E-state index contributed by atoms with van der Waals surface area (Å²) in [5.74, 6) is 1.63. The van der Waals surface area contributed by atoms with E-state index in [1.54, 1.807) is 12.1 Å². The highest BCUT2D eigenvalue weighted by atomic mass is 16.5. The number of rotatable bonds is 3. The van der Waals surface area contributed by atoms with Gasteiger partial charge in [0, 0.05) is 18.1 Å². The molecule has 2 rings (SSSR count). The van der Waals surface area contributed by atoms with Crippen molar-refractivity contribution in [3.05, 3.63) is 24.0 Å². The number of nitrogens with two attached hydrogens (primary N) is 2. The van der Waals surface area contributed by atoms with E-state index in [-0.39, 0.29) is 0 Å². The first kappa shape index (κ1) is 10.5. The molecule has 5 nitrogen and oxygen atoms in total. The summed E-state index contributed by atoms with van der Waals surface area (Å²) in [7, 11) is 0. The van der Waals surface area contributed by atoms with E-state index in [2.05, 4.69) is 17.1 Å². The maximum absolute atomic E-state index is 5.76. The molecule has 0 bridgehead atoms. The molecule has 2 heterocycles. The smallest absolute Gasteiger partial charge is 0.137 e. The Bertz CT molecular complexity index is 492. The van der Waals surface area contributed by atoms with Crippen LogP contribution in [0.1, 0.15) is 19.1 Å². The van der Waals surface area contributed by atoms with Gasteiger partial charge < -0.3 is 16.0 Å². The Morgan fingerprint density at radius 2 is 2.12 bits per heavy atom. The summed E-state index contributed by atoms with van der Waals surface area (Å²) in [6, 6.07) is 5.37. The molecule has 2 aromatic heterocycles. The molecule has 0 aliphatic heterocycles. The maximum Gasteiger partial charge on any atom is 0.137 e. The van der Waals surface area contributed by atoms with Gasteiger partial charge in [-0.05, 0) is 18.6 Å². The zero-order valence-corrected chi connectivity index (χ0v) is 9.10. The first-order valence-corrected chi connectivity index (χ1v) is 5.18. The van der Waals surface area contributed by atoms with Crippen molar-refractivity contribution in [2.24, 2.45) is 0 Å². The van der Waals surface area contributed by atoms with Crippen LogP contribution in [0.2, 0.25) is 0 Å². The lowest BCUT2D eigenvalue weighted by Crippen LogP contribution is -1.98. The first-order valence-electron chi connectivity index (χ1n) is 5.18. The summed E-state index contributed by atoms with van der Waals surface area (Å²) in [5.41, 5.74) is 12.7. The van der Waals surface area contributed by atoms with E-state index in [0.29, 0.717) is 17.3 Å². The van der Waals surface area contributed by atoms with E-state index in [1.807, 2.05) is 6.07 Å². The summed E-state index contributed by atoms with van der Waals surface area (Å²) >= 11 is 0. The molecule has 0 unspecified atom stereocenters. The van der Waals surface area contributed by atoms with Gasteiger partial charge in [-0.15, -0.1) is 0 Å². The van der Waals surface area contributed by atoms with Gasteiger partial charge in [-0.3, -0.25) is 0 Å². The van der Waals surface area contributed by atoms with Gasteiger partial charge in [0.2, 0.25) is 0 Å². The minimum Gasteiger partial charge on any atom is -0.384 e. The molecule has 5 heteroatoms. The molecule has 0 aromatic carbocycles. The lowest BCUT2D eigenvalue weighted by molar-refractivity contribution is 0.384. The Morgan fingerprint density at radius 1 is 1.31 bits per heavy atom. The second-order valence-corrected chi connectivity index (χ2v) is 3.60. The van der Waals surface area contributed by atoms with E-state index in [4.69, 9.17) is 16.0 Å². The number of aryl methyl sites for hydroxylation is 1. The van der Waals surface area contributed by atoms with Crippen LogP contribution in [-0.2, 0) is 6.42 Å². The van der Waals surface area contributed by atoms with Crippen LogP contribution < -0.4 is 11.5 Å². The summed E-state index contributed by atoms with van der Waals surface area (Å²) in [5, 5.41) is 3.96. The second kappa shape index (κ2) is 4.22. The highest BCUT2D eigenvalue weighted by Gasteiger charge is 2.09. The molecule has 0 spiro atoms. The van der Waals surface area contributed by atoms with E-state index in [0.717, 1.165) is 24.2 Å². The quantitative estimate of drug-likeness (QED) is 0.820. The normalized spacial score (nSPS) is 10.6. The average molecular weight is 218 g/mol. The zero-order valence-electron chi connectivity index (χ0n) is 9.10. The van der Waals surface area contributed by atoms with Gasteiger partial charge in [0.05, 0.1) is 0 Å². The van der Waals surface area contributed by atoms with Crippen LogP contribution in [0, 0.1) is 0 Å². The predicted molar refractivity (Wildman–Crippen MR) is 62.6 cm³/mol. The first-order chi connectivity index (χ1) is 7.70. The number of pyridine rings is 1. The molecule has 0 aliphatic rings. The van der Waals surface area contributed by atoms with Crippen molar-refractivity contribution in [1.29, 1.82) is 0 Å². The predicted octanol–water partition coefficient (Wildman–Crippen LogP) is 1.85. The fourth-order valence-corrected chi connectivity index (χ4v) is 1.51. The standard InChI is InChI=1S/C11H14N4O/c1-2-3-7-6-9(15-16-7)8-4-5-10(12)14-11(8)13/h4-6H,2-3H2,1H3,(H4,12,13,14). The Hall–Kier alpha value is -2.04. The van der Waals surface area contributed by atoms with Crippen molar-refractivity contribution >= 4 is 11.6 Å². The van der Waals surface area contributed by atoms with Gasteiger partial charge in [-0.2, -0.15) is 0 Å². The summed E-state index contributed by atoms with van der Waals surface area (Å²) in [6.45, 7) is 2.08. The molecule has 0 saturated heterocycles. The second-order valence-electron chi connectivity index (χ2n) is 3.60.